The highest BCUT2D eigenvalue weighted by atomic mass is 16.5. The number of aromatic carboxylic acids is 1. The van der Waals surface area contributed by atoms with Crippen molar-refractivity contribution < 1.29 is 19.4 Å². The van der Waals surface area contributed by atoms with Crippen LogP contribution >= 0.6 is 0 Å². The molecule has 1 aromatic carbocycles. The van der Waals surface area contributed by atoms with Crippen LogP contribution in [-0.2, 0) is 0 Å². The van der Waals surface area contributed by atoms with E-state index in [9.17, 15) is 9.59 Å². The maximum atomic E-state index is 11.5. The van der Waals surface area contributed by atoms with Crippen molar-refractivity contribution in [1.29, 1.82) is 0 Å². The zero-order valence-electron chi connectivity index (χ0n) is 9.33. The smallest absolute Gasteiger partial charge is 0.335 e. The normalized spacial score (nSPS) is 9.69. The highest BCUT2D eigenvalue weighted by molar-refractivity contribution is 6.00. The number of amides is 1. The highest BCUT2D eigenvalue weighted by Gasteiger charge is 2.16. The Kier molecular flexibility index (Phi) is 3.50. The summed E-state index contributed by atoms with van der Waals surface area (Å²) < 4.78 is 5.03. The molecule has 0 aliphatic rings. The first kappa shape index (κ1) is 12.0. The first-order chi connectivity index (χ1) is 7.51. The lowest BCUT2D eigenvalue weighted by Crippen LogP contribution is -2.19. The predicted octanol–water partition coefficient (Wildman–Crippen LogP) is 1.06. The molecule has 0 radical (unpaired) electrons. The summed E-state index contributed by atoms with van der Waals surface area (Å²) in [5, 5.41) is 11.4. The molecule has 1 rings (SSSR count). The van der Waals surface area contributed by atoms with Crippen molar-refractivity contribution in [3.63, 3.8) is 0 Å². The molecule has 0 saturated carbocycles. The van der Waals surface area contributed by atoms with Gasteiger partial charge >= 0.3 is 5.97 Å². The average Bonchev–Trinajstić information content (AvgIpc) is 2.27. The molecule has 0 fully saturated rings. The van der Waals surface area contributed by atoms with E-state index in [2.05, 4.69) is 5.32 Å². The van der Waals surface area contributed by atoms with Gasteiger partial charge < -0.3 is 15.2 Å². The molecule has 16 heavy (non-hydrogen) atoms. The van der Waals surface area contributed by atoms with Crippen LogP contribution in [0.3, 0.4) is 0 Å². The van der Waals surface area contributed by atoms with E-state index in [1.807, 2.05) is 0 Å². The van der Waals surface area contributed by atoms with Gasteiger partial charge in [0, 0.05) is 7.05 Å². The van der Waals surface area contributed by atoms with E-state index in [0.717, 1.165) is 0 Å². The number of benzene rings is 1. The number of carbonyl (C=O) groups excluding carboxylic acids is 1. The van der Waals surface area contributed by atoms with Crippen molar-refractivity contribution in [2.45, 2.75) is 6.92 Å². The minimum Gasteiger partial charge on any atom is -0.496 e. The molecule has 0 aliphatic heterocycles. The second-order valence-corrected chi connectivity index (χ2v) is 3.25. The minimum atomic E-state index is -1.06. The van der Waals surface area contributed by atoms with Crippen LogP contribution in [0.4, 0.5) is 0 Å². The summed E-state index contributed by atoms with van der Waals surface area (Å²) in [5.74, 6) is -1.08. The lowest BCUT2D eigenvalue weighted by atomic mass is 10.0. The van der Waals surface area contributed by atoms with Crippen molar-refractivity contribution in [1.82, 2.24) is 5.32 Å². The molecule has 86 valence electrons. The number of hydrogen-bond donors (Lipinski definition) is 2. The van der Waals surface area contributed by atoms with Crippen molar-refractivity contribution in [3.05, 3.63) is 28.8 Å². The van der Waals surface area contributed by atoms with Gasteiger partial charge in [0.2, 0.25) is 0 Å². The summed E-state index contributed by atoms with van der Waals surface area (Å²) in [7, 11) is 2.91. The largest absolute Gasteiger partial charge is 0.496 e. The summed E-state index contributed by atoms with van der Waals surface area (Å²) >= 11 is 0. The van der Waals surface area contributed by atoms with Gasteiger partial charge in [0.05, 0.1) is 18.2 Å². The molecule has 5 nitrogen and oxygen atoms in total. The molecule has 0 heterocycles. The number of ether oxygens (including phenoxy) is 1. The molecule has 0 aliphatic carbocycles. The Bertz CT molecular complexity index is 440. The number of nitrogens with one attached hydrogen (secondary N) is 1. The monoisotopic (exact) mass is 223 g/mol. The van der Waals surface area contributed by atoms with Crippen molar-refractivity contribution >= 4 is 11.9 Å². The van der Waals surface area contributed by atoms with Crippen LogP contribution < -0.4 is 10.1 Å². The van der Waals surface area contributed by atoms with Gasteiger partial charge in [0.1, 0.15) is 5.75 Å². The van der Waals surface area contributed by atoms with Gasteiger partial charge in [0.25, 0.3) is 5.91 Å². The molecule has 0 aromatic heterocycles. The summed E-state index contributed by atoms with van der Waals surface area (Å²) in [6.45, 7) is 1.65. The van der Waals surface area contributed by atoms with Crippen LogP contribution in [0, 0.1) is 6.92 Å². The summed E-state index contributed by atoms with van der Waals surface area (Å²) in [5.41, 5.74) is 0.865. The second-order valence-electron chi connectivity index (χ2n) is 3.25. The standard InChI is InChI=1S/C11H13NO4/c1-6-4-9(16-3)8(10(13)12-2)5-7(6)11(14)15/h4-5H,1-3H3,(H,12,13)(H,14,15). The molecular weight excluding hydrogens is 210 g/mol. The van der Waals surface area contributed by atoms with E-state index in [1.165, 1.54) is 26.3 Å². The number of aryl methyl sites for hydroxylation is 1. The first-order valence-corrected chi connectivity index (χ1v) is 4.65. The van der Waals surface area contributed by atoms with E-state index in [-0.39, 0.29) is 17.0 Å². The third-order valence-corrected chi connectivity index (χ3v) is 2.25. The zero-order valence-corrected chi connectivity index (χ0v) is 9.33. The number of carbonyl (C=O) groups is 2. The maximum Gasteiger partial charge on any atom is 0.335 e. The van der Waals surface area contributed by atoms with Gasteiger partial charge in [-0.05, 0) is 24.6 Å². The Hall–Kier alpha value is -2.04. The second kappa shape index (κ2) is 4.65. The summed E-state index contributed by atoms with van der Waals surface area (Å²) in [6, 6.07) is 2.85. The van der Waals surface area contributed by atoms with Gasteiger partial charge in [-0.1, -0.05) is 0 Å². The Labute approximate surface area is 93.0 Å². The Morgan fingerprint density at radius 1 is 1.31 bits per heavy atom. The van der Waals surface area contributed by atoms with Gasteiger partial charge in [-0.15, -0.1) is 0 Å². The SMILES string of the molecule is CNC(=O)c1cc(C(=O)O)c(C)cc1OC. The van der Waals surface area contributed by atoms with Gasteiger partial charge in [-0.25, -0.2) is 4.79 Å². The molecule has 0 bridgehead atoms. The number of carboxylic acid groups (broad SMARTS) is 1. The third kappa shape index (κ3) is 2.13. The molecule has 0 atom stereocenters. The third-order valence-electron chi connectivity index (χ3n) is 2.25. The van der Waals surface area contributed by atoms with Crippen LogP contribution in [-0.4, -0.2) is 31.1 Å². The Balaban J connectivity index is 3.40. The van der Waals surface area contributed by atoms with E-state index >= 15 is 0 Å². The fourth-order valence-corrected chi connectivity index (χ4v) is 1.39. The lowest BCUT2D eigenvalue weighted by molar-refractivity contribution is 0.0696. The van der Waals surface area contributed by atoms with E-state index in [0.29, 0.717) is 11.3 Å². The van der Waals surface area contributed by atoms with Crippen molar-refractivity contribution in [2.75, 3.05) is 14.2 Å². The highest BCUT2D eigenvalue weighted by Crippen LogP contribution is 2.23. The number of methoxy groups -OCH3 is 1. The number of rotatable bonds is 3. The first-order valence-electron chi connectivity index (χ1n) is 4.65. The van der Waals surface area contributed by atoms with Crippen LogP contribution in [0.5, 0.6) is 5.75 Å². The molecule has 1 amide bonds. The quantitative estimate of drug-likeness (QED) is 0.803. The zero-order chi connectivity index (χ0) is 12.3. The fraction of sp³-hybridized carbons (Fsp3) is 0.273. The molecule has 0 unspecified atom stereocenters. The van der Waals surface area contributed by atoms with Crippen LogP contribution in [0.15, 0.2) is 12.1 Å². The Morgan fingerprint density at radius 2 is 1.94 bits per heavy atom. The predicted molar refractivity (Wildman–Crippen MR) is 58.1 cm³/mol. The fourth-order valence-electron chi connectivity index (χ4n) is 1.39. The topological polar surface area (TPSA) is 75.6 Å². The van der Waals surface area contributed by atoms with Crippen LogP contribution in [0.2, 0.25) is 0 Å². The Morgan fingerprint density at radius 3 is 2.38 bits per heavy atom. The van der Waals surface area contributed by atoms with E-state index in [1.54, 1.807) is 6.92 Å². The average molecular weight is 223 g/mol. The molecule has 5 heteroatoms. The molecule has 0 spiro atoms. The van der Waals surface area contributed by atoms with Crippen LogP contribution in [0.1, 0.15) is 26.3 Å². The molecule has 1 aromatic rings. The van der Waals surface area contributed by atoms with Gasteiger partial charge in [-0.2, -0.15) is 0 Å². The van der Waals surface area contributed by atoms with Gasteiger partial charge in [-0.3, -0.25) is 4.79 Å². The van der Waals surface area contributed by atoms with E-state index in [4.69, 9.17) is 9.84 Å². The van der Waals surface area contributed by atoms with Gasteiger partial charge in [0.15, 0.2) is 0 Å². The summed E-state index contributed by atoms with van der Waals surface area (Å²) in [6.07, 6.45) is 0. The lowest BCUT2D eigenvalue weighted by Gasteiger charge is -2.10. The molecule has 0 saturated heterocycles. The van der Waals surface area contributed by atoms with Crippen molar-refractivity contribution in [3.8, 4) is 5.75 Å². The number of hydrogen-bond acceptors (Lipinski definition) is 3. The van der Waals surface area contributed by atoms with Crippen molar-refractivity contribution in [2.24, 2.45) is 0 Å². The van der Waals surface area contributed by atoms with E-state index < -0.39 is 5.97 Å². The molecular formula is C11H13NO4. The minimum absolute atomic E-state index is 0.0967. The molecule has 2 N–H and O–H groups in total. The summed E-state index contributed by atoms with van der Waals surface area (Å²) in [4.78, 5) is 22.4. The maximum absolute atomic E-state index is 11.5. The van der Waals surface area contributed by atoms with Crippen LogP contribution in [0.25, 0.3) is 0 Å². The number of carboxylic acids is 1.